The highest BCUT2D eigenvalue weighted by Gasteiger charge is 2.60. The van der Waals surface area contributed by atoms with Crippen LogP contribution >= 0.6 is 0 Å². The van der Waals surface area contributed by atoms with Crippen LogP contribution in [0.1, 0.15) is 316 Å². The topological polar surface area (TPSA) is 373 Å². The Morgan fingerprint density at radius 3 is 1.36 bits per heavy atom. The molecule has 3 aliphatic heterocycles. The number of hydrogen-bond donors (Lipinski definition) is 14. The molecule has 3 fully saturated rings. The number of ether oxygens (including phenoxy) is 6. The summed E-state index contributed by atoms with van der Waals surface area (Å²) in [6.45, 7) is 2.23. The fourth-order valence-electron chi connectivity index (χ4n) is 13.9. The second kappa shape index (κ2) is 55.9. The summed E-state index contributed by atoms with van der Waals surface area (Å²) in [5, 5.41) is 136. The Labute approximate surface area is 594 Å². The van der Waals surface area contributed by atoms with Gasteiger partial charge in [0.2, 0.25) is 11.8 Å². The molecule has 2 amide bonds. The summed E-state index contributed by atoms with van der Waals surface area (Å²) in [6, 6.07) is -2.53. The highest BCUT2D eigenvalue weighted by atomic mass is 16.8. The molecule has 3 saturated heterocycles. The van der Waals surface area contributed by atoms with Gasteiger partial charge in [0.05, 0.1) is 50.7 Å². The SMILES string of the molecule is CCCCCCCCCCCCCC/C=C\CCCCCCCCCCCCCCCCCCC(=O)NC(COC1OC(CO)C(OC2OC(CO)C(O)C(OC3(C(=O)O)CC(O)C(NC(C)=O)C(C(O)C(O)CO)O3)C2O)C(O)C1O)C(O)CCCCCCCCCCCCCCC. The lowest BCUT2D eigenvalue weighted by Gasteiger charge is -2.50. The lowest BCUT2D eigenvalue weighted by Crippen LogP contribution is -2.70. The van der Waals surface area contributed by atoms with Gasteiger partial charge in [0.15, 0.2) is 12.6 Å². The van der Waals surface area contributed by atoms with Crippen molar-refractivity contribution in [3.8, 4) is 0 Å². The van der Waals surface area contributed by atoms with Gasteiger partial charge in [0.25, 0.3) is 5.79 Å². The largest absolute Gasteiger partial charge is 0.477 e. The molecule has 3 heterocycles. The Morgan fingerprint density at radius 1 is 0.515 bits per heavy atom. The molecule has 0 aliphatic carbocycles. The molecule has 99 heavy (non-hydrogen) atoms. The number of allylic oxidation sites excluding steroid dienone is 2. The molecular formula is C76H142N2O21. The Kier molecular flexibility index (Phi) is 51.2. The number of hydrogen-bond acceptors (Lipinski definition) is 20. The lowest BCUT2D eigenvalue weighted by atomic mass is 9.88. The van der Waals surface area contributed by atoms with E-state index in [1.807, 2.05) is 0 Å². The number of aliphatic hydroxyl groups is 11. The normalized spacial score (nSPS) is 27.1. The standard InChI is InChI=1S/C76H142N2O21/c1-4-6-8-10-12-14-16-18-19-20-21-22-23-24-25-26-27-28-29-30-31-32-33-34-35-36-38-40-42-44-46-48-50-63(86)78-57(58(83)49-47-45-43-41-39-37-17-15-13-11-9-7-5-2)55-94-73-68(90)67(89)70(62(54-81)96-73)97-74-69(91)72(66(88)61(53-80)95-74)99-76(75(92)93)51-59(84)64(77-56(3)82)71(98-76)65(87)60(85)52-79/h24-25,57-62,64-74,79-81,83-85,87-91H,4-23,26-55H2,1-3H3,(H,77,82)(H,78,86)(H,92,93)/b25-24-. The number of unbranched alkanes of at least 4 members (excludes halogenated alkanes) is 40. The number of amides is 2. The van der Waals surface area contributed by atoms with Crippen LogP contribution in [0.2, 0.25) is 0 Å². The summed E-state index contributed by atoms with van der Waals surface area (Å²) in [4.78, 5) is 38.6. The summed E-state index contributed by atoms with van der Waals surface area (Å²) in [6.07, 6.45) is 29.5. The average Bonchev–Trinajstić information content (AvgIpc) is 0.768. The number of aliphatic hydroxyl groups excluding tert-OH is 11. The zero-order valence-corrected chi connectivity index (χ0v) is 61.4. The van der Waals surface area contributed by atoms with Gasteiger partial charge in [-0.25, -0.2) is 4.79 Å². The molecule has 23 heteroatoms. The summed E-state index contributed by atoms with van der Waals surface area (Å²) in [7, 11) is 0. The first kappa shape index (κ1) is 90.7. The third-order valence-electron chi connectivity index (χ3n) is 20.2. The highest BCUT2D eigenvalue weighted by molar-refractivity contribution is 5.77. The quantitative estimate of drug-likeness (QED) is 0.0199. The maximum atomic E-state index is 13.5. The van der Waals surface area contributed by atoms with Crippen molar-refractivity contribution in [1.29, 1.82) is 0 Å². The van der Waals surface area contributed by atoms with Crippen molar-refractivity contribution in [1.82, 2.24) is 10.6 Å². The van der Waals surface area contributed by atoms with E-state index < -0.39 is 148 Å². The number of aliphatic carboxylic acids is 1. The molecule has 23 nitrogen and oxygen atoms in total. The van der Waals surface area contributed by atoms with Crippen molar-refractivity contribution in [2.75, 3.05) is 26.4 Å². The van der Waals surface area contributed by atoms with Gasteiger partial charge in [-0.05, 0) is 38.5 Å². The van der Waals surface area contributed by atoms with Gasteiger partial charge < -0.3 is 100 Å². The van der Waals surface area contributed by atoms with Gasteiger partial charge >= 0.3 is 5.97 Å². The maximum absolute atomic E-state index is 13.5. The monoisotopic (exact) mass is 1420 g/mol. The first-order valence-corrected chi connectivity index (χ1v) is 39.5. The first-order chi connectivity index (χ1) is 47.9. The first-order valence-electron chi connectivity index (χ1n) is 39.5. The van der Waals surface area contributed by atoms with Crippen molar-refractivity contribution in [3.05, 3.63) is 12.2 Å². The summed E-state index contributed by atoms with van der Waals surface area (Å²) < 4.78 is 34.9. The summed E-state index contributed by atoms with van der Waals surface area (Å²) in [5.74, 6) is -6.09. The molecule has 0 aromatic carbocycles. The minimum absolute atomic E-state index is 0.227. The predicted molar refractivity (Wildman–Crippen MR) is 380 cm³/mol. The molecular weight excluding hydrogens is 1280 g/mol. The second-order valence-corrected chi connectivity index (χ2v) is 28.9. The average molecular weight is 1420 g/mol. The molecule has 3 rings (SSSR count). The molecule has 14 N–H and O–H groups in total. The van der Waals surface area contributed by atoms with Crippen LogP contribution < -0.4 is 10.6 Å². The number of carbonyl (C=O) groups is 3. The maximum Gasteiger partial charge on any atom is 0.364 e. The van der Waals surface area contributed by atoms with Crippen LogP contribution in [0, 0.1) is 0 Å². The number of rotatable bonds is 62. The smallest absolute Gasteiger partial charge is 0.364 e. The molecule has 0 bridgehead atoms. The van der Waals surface area contributed by atoms with Gasteiger partial charge in [0, 0.05) is 19.8 Å². The molecule has 0 spiro atoms. The second-order valence-electron chi connectivity index (χ2n) is 28.9. The van der Waals surface area contributed by atoms with E-state index in [1.54, 1.807) is 0 Å². The van der Waals surface area contributed by atoms with Crippen LogP contribution in [0.15, 0.2) is 12.2 Å². The van der Waals surface area contributed by atoms with Crippen LogP contribution in [0.25, 0.3) is 0 Å². The van der Waals surface area contributed by atoms with E-state index in [4.69, 9.17) is 28.4 Å². The number of carbonyl (C=O) groups excluding carboxylic acids is 2. The van der Waals surface area contributed by atoms with Crippen molar-refractivity contribution in [3.63, 3.8) is 0 Å². The van der Waals surface area contributed by atoms with Crippen LogP contribution in [-0.4, -0.2) is 215 Å². The zero-order valence-electron chi connectivity index (χ0n) is 61.4. The number of nitrogens with one attached hydrogen (secondary N) is 2. The molecule has 3 aliphatic rings. The molecule has 0 aromatic heterocycles. The third-order valence-corrected chi connectivity index (χ3v) is 20.2. The fraction of sp³-hybridized carbons (Fsp3) is 0.934. The van der Waals surface area contributed by atoms with E-state index in [9.17, 15) is 75.7 Å². The van der Waals surface area contributed by atoms with Crippen LogP contribution in [0.3, 0.4) is 0 Å². The molecule has 18 unspecified atom stereocenters. The third kappa shape index (κ3) is 36.8. The van der Waals surface area contributed by atoms with Gasteiger partial charge in [-0.1, -0.05) is 270 Å². The Bertz CT molecular complexity index is 2030. The molecule has 582 valence electrons. The Morgan fingerprint density at radius 2 is 0.939 bits per heavy atom. The Hall–Kier alpha value is -2.53. The summed E-state index contributed by atoms with van der Waals surface area (Å²) >= 11 is 0. The highest BCUT2D eigenvalue weighted by Crippen LogP contribution is 2.39. The minimum atomic E-state index is -3.08. The van der Waals surface area contributed by atoms with E-state index in [0.717, 1.165) is 58.3 Å². The number of carboxylic acids is 1. The van der Waals surface area contributed by atoms with Crippen molar-refractivity contribution in [2.24, 2.45) is 0 Å². The van der Waals surface area contributed by atoms with E-state index in [2.05, 4.69) is 36.6 Å². The van der Waals surface area contributed by atoms with Crippen molar-refractivity contribution in [2.45, 2.75) is 426 Å². The molecule has 0 saturated carbocycles. The van der Waals surface area contributed by atoms with Gasteiger partial charge in [-0.15, -0.1) is 0 Å². The van der Waals surface area contributed by atoms with Crippen LogP contribution in [0.4, 0.5) is 0 Å². The van der Waals surface area contributed by atoms with Crippen molar-refractivity contribution >= 4 is 17.8 Å². The van der Waals surface area contributed by atoms with Crippen LogP contribution in [0.5, 0.6) is 0 Å². The van der Waals surface area contributed by atoms with Crippen LogP contribution in [-0.2, 0) is 42.8 Å². The Balaban J connectivity index is 1.45. The van der Waals surface area contributed by atoms with Gasteiger partial charge in [0.1, 0.15) is 67.1 Å². The predicted octanol–water partition coefficient (Wildman–Crippen LogP) is 9.80. The summed E-state index contributed by atoms with van der Waals surface area (Å²) in [5.41, 5.74) is 0. The van der Waals surface area contributed by atoms with Crippen molar-refractivity contribution < 1.29 is 104 Å². The lowest BCUT2D eigenvalue weighted by molar-refractivity contribution is -0.386. The van der Waals surface area contributed by atoms with E-state index in [-0.39, 0.29) is 18.9 Å². The van der Waals surface area contributed by atoms with E-state index in [0.29, 0.717) is 19.3 Å². The molecule has 0 radical (unpaired) electrons. The van der Waals surface area contributed by atoms with Gasteiger partial charge in [-0.2, -0.15) is 0 Å². The molecule has 0 aromatic rings. The van der Waals surface area contributed by atoms with Gasteiger partial charge in [-0.3, -0.25) is 9.59 Å². The minimum Gasteiger partial charge on any atom is -0.477 e. The molecule has 18 atom stereocenters. The fourth-order valence-corrected chi connectivity index (χ4v) is 13.9. The zero-order chi connectivity index (χ0) is 72.5. The van der Waals surface area contributed by atoms with E-state index in [1.165, 1.54) is 212 Å². The number of carboxylic acid groups (broad SMARTS) is 1. The van der Waals surface area contributed by atoms with E-state index >= 15 is 0 Å².